The van der Waals surface area contributed by atoms with Gasteiger partial charge in [-0.1, -0.05) is 17.7 Å². The first-order chi connectivity index (χ1) is 12.1. The molecule has 0 spiro atoms. The molecule has 2 atom stereocenters. The Hall–Kier alpha value is -1.70. The van der Waals surface area contributed by atoms with E-state index in [0.29, 0.717) is 23.1 Å². The largest absolute Gasteiger partial charge is 0.466 e. The Kier molecular flexibility index (Phi) is 5.88. The Morgan fingerprint density at radius 2 is 2.36 bits per heavy atom. The minimum atomic E-state index is -0.0900. The first kappa shape index (κ1) is 18.1. The van der Waals surface area contributed by atoms with Crippen LogP contribution in [0.1, 0.15) is 19.8 Å². The van der Waals surface area contributed by atoms with Crippen molar-refractivity contribution in [2.24, 2.45) is 5.92 Å². The summed E-state index contributed by atoms with van der Waals surface area (Å²) in [5.41, 5.74) is 0.891. The molecule has 25 heavy (non-hydrogen) atoms. The third-order valence-corrected chi connectivity index (χ3v) is 5.07. The van der Waals surface area contributed by atoms with E-state index in [1.54, 1.807) is 11.0 Å². The second kappa shape index (κ2) is 8.12. The molecule has 1 saturated heterocycles. The monoisotopic (exact) mass is 381 g/mol. The zero-order valence-electron chi connectivity index (χ0n) is 14.2. The summed E-state index contributed by atoms with van der Waals surface area (Å²) in [6.07, 6.45) is 3.60. The van der Waals surface area contributed by atoms with Gasteiger partial charge in [0.15, 0.2) is 6.67 Å². The van der Waals surface area contributed by atoms with Gasteiger partial charge in [0.2, 0.25) is 4.77 Å². The van der Waals surface area contributed by atoms with Gasteiger partial charge in [-0.15, -0.1) is 0 Å². The van der Waals surface area contributed by atoms with Crippen LogP contribution in [0.2, 0.25) is 5.02 Å². The van der Waals surface area contributed by atoms with E-state index in [0.717, 1.165) is 31.6 Å². The van der Waals surface area contributed by atoms with E-state index in [2.05, 4.69) is 5.10 Å². The lowest BCUT2D eigenvalue weighted by atomic mass is 9.99. The molecule has 0 bridgehead atoms. The molecule has 1 N–H and O–H groups in total. The molecule has 0 saturated carbocycles. The number of hydrogen-bond donors (Lipinski definition) is 1. The number of aromatic nitrogens is 3. The third kappa shape index (κ3) is 4.29. The number of ether oxygens (including phenoxy) is 1. The Balaban J connectivity index is 1.71. The van der Waals surface area contributed by atoms with Gasteiger partial charge >= 0.3 is 5.97 Å². The lowest BCUT2D eigenvalue weighted by Gasteiger charge is -2.28. The van der Waals surface area contributed by atoms with Gasteiger partial charge in [-0.3, -0.25) is 9.36 Å². The van der Waals surface area contributed by atoms with Crippen LogP contribution in [-0.2, 0) is 16.2 Å². The number of rotatable bonds is 5. The van der Waals surface area contributed by atoms with E-state index in [1.807, 2.05) is 35.8 Å². The van der Waals surface area contributed by atoms with Crippen LogP contribution >= 0.6 is 23.8 Å². The lowest BCUT2D eigenvalue weighted by molar-refractivity contribution is -0.930. The van der Waals surface area contributed by atoms with Crippen molar-refractivity contribution in [2.45, 2.75) is 26.4 Å². The Bertz CT molecular complexity index is 804. The van der Waals surface area contributed by atoms with Crippen molar-refractivity contribution in [1.82, 2.24) is 14.3 Å². The fourth-order valence-electron chi connectivity index (χ4n) is 3.22. The van der Waals surface area contributed by atoms with Crippen LogP contribution in [0.25, 0.3) is 5.69 Å². The maximum absolute atomic E-state index is 12.0. The summed E-state index contributed by atoms with van der Waals surface area (Å²) in [6.45, 7) is 4.67. The Labute approximate surface area is 157 Å². The summed E-state index contributed by atoms with van der Waals surface area (Å²) in [6, 6.07) is 7.51. The summed E-state index contributed by atoms with van der Waals surface area (Å²) in [5, 5.41) is 5.08. The van der Waals surface area contributed by atoms with Crippen molar-refractivity contribution in [1.29, 1.82) is 0 Å². The fraction of sp³-hybridized carbons (Fsp3) is 0.471. The van der Waals surface area contributed by atoms with Crippen LogP contribution in [-0.4, -0.2) is 40.0 Å². The second-order valence-corrected chi connectivity index (χ2v) is 7.02. The molecule has 1 aliphatic rings. The van der Waals surface area contributed by atoms with Gasteiger partial charge < -0.3 is 9.64 Å². The Morgan fingerprint density at radius 1 is 1.52 bits per heavy atom. The Morgan fingerprint density at radius 3 is 3.12 bits per heavy atom. The molecule has 1 aliphatic heterocycles. The van der Waals surface area contributed by atoms with Crippen molar-refractivity contribution >= 4 is 29.8 Å². The van der Waals surface area contributed by atoms with Crippen molar-refractivity contribution in [2.75, 3.05) is 19.7 Å². The number of likely N-dealkylation sites (tertiary alicyclic amines) is 1. The number of piperidine rings is 1. The zero-order valence-corrected chi connectivity index (χ0v) is 15.7. The number of hydrogen-bond acceptors (Lipinski definition) is 4. The number of esters is 1. The van der Waals surface area contributed by atoms with Gasteiger partial charge in [-0.2, -0.15) is 9.78 Å². The van der Waals surface area contributed by atoms with E-state index in [-0.39, 0.29) is 11.9 Å². The van der Waals surface area contributed by atoms with Crippen molar-refractivity contribution in [3.8, 4) is 5.69 Å². The highest BCUT2D eigenvalue weighted by Crippen LogP contribution is 2.15. The number of nitrogens with one attached hydrogen (secondary N) is 1. The predicted octanol–water partition coefficient (Wildman–Crippen LogP) is 1.87. The average molecular weight is 382 g/mol. The molecule has 1 aromatic carbocycles. The molecule has 6 nitrogen and oxygen atoms in total. The topological polar surface area (TPSA) is 53.5 Å². The van der Waals surface area contributed by atoms with Crippen LogP contribution in [0.3, 0.4) is 0 Å². The molecule has 2 heterocycles. The minimum absolute atomic E-state index is 0.0344. The van der Waals surface area contributed by atoms with Crippen molar-refractivity contribution in [3.05, 3.63) is 40.4 Å². The maximum Gasteiger partial charge on any atom is 0.314 e. The summed E-state index contributed by atoms with van der Waals surface area (Å²) >= 11 is 11.6. The van der Waals surface area contributed by atoms with Crippen molar-refractivity contribution < 1.29 is 14.4 Å². The molecule has 134 valence electrons. The first-order valence-corrected chi connectivity index (χ1v) is 9.27. The molecule has 1 fully saturated rings. The van der Waals surface area contributed by atoms with Crippen LogP contribution < -0.4 is 4.90 Å². The molecular formula is C17H22ClN4O2S+. The summed E-state index contributed by atoms with van der Waals surface area (Å²) in [4.78, 5) is 13.3. The smallest absolute Gasteiger partial charge is 0.314 e. The molecule has 0 aliphatic carbocycles. The van der Waals surface area contributed by atoms with E-state index < -0.39 is 0 Å². The standard InChI is InChI=1S/C17H21ClN4O2S/c1-2-24-16(23)13-5-4-8-20(10-13)12-22-17(25)21(11-19-22)15-7-3-6-14(18)9-15/h3,6-7,9,11,13H,2,4-5,8,10,12H2,1H3/p+1/t13-/m0/s1. The molecule has 1 aromatic heterocycles. The summed E-state index contributed by atoms with van der Waals surface area (Å²) in [7, 11) is 0. The average Bonchev–Trinajstić information content (AvgIpc) is 2.96. The number of carbonyl (C=O) groups excluding carboxylic acids is 1. The maximum atomic E-state index is 12.0. The first-order valence-electron chi connectivity index (χ1n) is 8.49. The molecule has 1 unspecified atom stereocenters. The summed E-state index contributed by atoms with van der Waals surface area (Å²) in [5.74, 6) is -0.124. The van der Waals surface area contributed by atoms with E-state index >= 15 is 0 Å². The summed E-state index contributed by atoms with van der Waals surface area (Å²) < 4.78 is 9.43. The number of nitrogens with zero attached hydrogens (tertiary/aromatic N) is 3. The van der Waals surface area contributed by atoms with Crippen LogP contribution in [0.4, 0.5) is 0 Å². The molecule has 3 rings (SSSR count). The van der Waals surface area contributed by atoms with Crippen LogP contribution in [0.5, 0.6) is 0 Å². The highest BCUT2D eigenvalue weighted by molar-refractivity contribution is 7.71. The second-order valence-electron chi connectivity index (χ2n) is 6.22. The third-order valence-electron chi connectivity index (χ3n) is 4.43. The minimum Gasteiger partial charge on any atom is -0.466 e. The van der Waals surface area contributed by atoms with Gasteiger partial charge in [0.05, 0.1) is 25.4 Å². The zero-order chi connectivity index (χ0) is 17.8. The van der Waals surface area contributed by atoms with E-state index in [9.17, 15) is 4.79 Å². The highest BCUT2D eigenvalue weighted by atomic mass is 35.5. The quantitative estimate of drug-likeness (QED) is 0.634. The molecule has 0 amide bonds. The van der Waals surface area contributed by atoms with Gasteiger partial charge in [0, 0.05) is 5.02 Å². The number of halogens is 1. The van der Waals surface area contributed by atoms with E-state index in [1.165, 1.54) is 4.90 Å². The number of benzene rings is 1. The van der Waals surface area contributed by atoms with Gasteiger partial charge in [0.25, 0.3) is 0 Å². The normalized spacial score (nSPS) is 20.4. The molecule has 2 aromatic rings. The van der Waals surface area contributed by atoms with Gasteiger partial charge in [0.1, 0.15) is 12.2 Å². The van der Waals surface area contributed by atoms with E-state index in [4.69, 9.17) is 28.6 Å². The van der Waals surface area contributed by atoms with Crippen LogP contribution in [0, 0.1) is 10.7 Å². The van der Waals surface area contributed by atoms with Crippen molar-refractivity contribution in [3.63, 3.8) is 0 Å². The predicted molar refractivity (Wildman–Crippen MR) is 97.5 cm³/mol. The number of quaternary nitrogens is 1. The molecular weight excluding hydrogens is 360 g/mol. The highest BCUT2D eigenvalue weighted by Gasteiger charge is 2.30. The van der Waals surface area contributed by atoms with Gasteiger partial charge in [-0.05, 0) is 50.2 Å². The fourth-order valence-corrected chi connectivity index (χ4v) is 3.67. The molecule has 8 heteroatoms. The SMILES string of the molecule is CCOC(=O)[C@H]1CCC[NH+](Cn2ncn(-c3cccc(Cl)c3)c2=S)C1. The number of carbonyl (C=O) groups is 1. The lowest BCUT2D eigenvalue weighted by Crippen LogP contribution is -3.13. The van der Waals surface area contributed by atoms with Gasteiger partial charge in [-0.25, -0.2) is 0 Å². The van der Waals surface area contributed by atoms with Crippen LogP contribution in [0.15, 0.2) is 30.6 Å². The molecule has 0 radical (unpaired) electrons.